The molecule has 4 heterocycles. The SMILES string of the molecule is Cc1ncc(Br)cc1NC(Cn1c(=O)n(C2COC2)c2ccncc21)=NCCCCO. The fraction of sp³-hybridized carbons (Fsp3) is 0.429. The molecule has 0 saturated carbocycles. The Kier molecular flexibility index (Phi) is 6.79. The molecular weight excluding hydrogens is 464 g/mol. The normalized spacial score (nSPS) is 14.7. The van der Waals surface area contributed by atoms with Gasteiger partial charge in [-0.15, -0.1) is 0 Å². The van der Waals surface area contributed by atoms with E-state index in [0.29, 0.717) is 32.0 Å². The van der Waals surface area contributed by atoms with Crippen LogP contribution in [0.25, 0.3) is 11.0 Å². The second-order valence-corrected chi connectivity index (χ2v) is 8.38. The third-order valence-electron chi connectivity index (χ3n) is 5.26. The number of nitrogens with one attached hydrogen (secondary N) is 1. The van der Waals surface area contributed by atoms with Crippen molar-refractivity contribution in [2.75, 3.05) is 31.7 Å². The number of aliphatic hydroxyl groups excluding tert-OH is 1. The summed E-state index contributed by atoms with van der Waals surface area (Å²) in [6.45, 7) is 3.93. The molecule has 1 aliphatic rings. The van der Waals surface area contributed by atoms with Crippen LogP contribution in [0.15, 0.2) is 45.0 Å². The van der Waals surface area contributed by atoms with Crippen molar-refractivity contribution >= 4 is 38.5 Å². The summed E-state index contributed by atoms with van der Waals surface area (Å²) in [6, 6.07) is 3.83. The topological polar surface area (TPSA) is 107 Å². The van der Waals surface area contributed by atoms with Gasteiger partial charge >= 0.3 is 5.69 Å². The molecule has 1 aliphatic heterocycles. The van der Waals surface area contributed by atoms with E-state index in [0.717, 1.165) is 33.3 Å². The van der Waals surface area contributed by atoms with Gasteiger partial charge in [0.2, 0.25) is 0 Å². The molecule has 164 valence electrons. The molecular formula is C21H25BrN6O3. The molecule has 1 saturated heterocycles. The number of imidazole rings is 1. The van der Waals surface area contributed by atoms with Crippen molar-refractivity contribution in [2.45, 2.75) is 32.4 Å². The first kappa shape index (κ1) is 21.7. The largest absolute Gasteiger partial charge is 0.396 e. The molecule has 4 rings (SSSR count). The van der Waals surface area contributed by atoms with Crippen molar-refractivity contribution in [3.63, 3.8) is 0 Å². The van der Waals surface area contributed by atoms with E-state index in [2.05, 4.69) is 31.2 Å². The van der Waals surface area contributed by atoms with Crippen molar-refractivity contribution in [3.05, 3.63) is 51.4 Å². The molecule has 31 heavy (non-hydrogen) atoms. The zero-order chi connectivity index (χ0) is 21.8. The lowest BCUT2D eigenvalue weighted by Gasteiger charge is -2.27. The number of unbranched alkanes of at least 4 members (excludes halogenated alkanes) is 1. The zero-order valence-electron chi connectivity index (χ0n) is 17.3. The number of anilines is 1. The fourth-order valence-electron chi connectivity index (χ4n) is 3.51. The summed E-state index contributed by atoms with van der Waals surface area (Å²) in [5, 5.41) is 12.4. The lowest BCUT2D eigenvalue weighted by atomic mass is 10.2. The van der Waals surface area contributed by atoms with Crippen molar-refractivity contribution in [1.29, 1.82) is 0 Å². The summed E-state index contributed by atoms with van der Waals surface area (Å²) >= 11 is 3.46. The van der Waals surface area contributed by atoms with Crippen LogP contribution in [-0.2, 0) is 11.3 Å². The Morgan fingerprint density at radius 3 is 2.94 bits per heavy atom. The van der Waals surface area contributed by atoms with Crippen molar-refractivity contribution < 1.29 is 9.84 Å². The monoisotopic (exact) mass is 488 g/mol. The maximum absolute atomic E-state index is 13.3. The van der Waals surface area contributed by atoms with Gasteiger partial charge in [0.25, 0.3) is 0 Å². The number of aliphatic hydroxyl groups is 1. The van der Waals surface area contributed by atoms with E-state index in [-0.39, 0.29) is 24.9 Å². The van der Waals surface area contributed by atoms with Crippen LogP contribution in [0, 0.1) is 6.92 Å². The summed E-state index contributed by atoms with van der Waals surface area (Å²) < 4.78 is 9.64. The number of halogens is 1. The predicted octanol–water partition coefficient (Wildman–Crippen LogP) is 2.52. The van der Waals surface area contributed by atoms with Crippen molar-refractivity contribution in [1.82, 2.24) is 19.1 Å². The van der Waals surface area contributed by atoms with Crippen LogP contribution in [0.4, 0.5) is 5.69 Å². The number of rotatable bonds is 8. The summed E-state index contributed by atoms with van der Waals surface area (Å²) in [7, 11) is 0. The minimum Gasteiger partial charge on any atom is -0.396 e. The third-order valence-corrected chi connectivity index (χ3v) is 5.69. The Labute approximate surface area is 187 Å². The van der Waals surface area contributed by atoms with Gasteiger partial charge in [0.05, 0.1) is 54.4 Å². The van der Waals surface area contributed by atoms with Crippen molar-refractivity contribution in [3.8, 4) is 0 Å². The quantitative estimate of drug-likeness (QED) is 0.286. The molecule has 9 nitrogen and oxygen atoms in total. The highest BCUT2D eigenvalue weighted by molar-refractivity contribution is 9.10. The predicted molar refractivity (Wildman–Crippen MR) is 123 cm³/mol. The number of hydrogen-bond acceptors (Lipinski definition) is 6. The summed E-state index contributed by atoms with van der Waals surface area (Å²) in [5.74, 6) is 0.649. The molecule has 0 unspecified atom stereocenters. The molecule has 2 N–H and O–H groups in total. The van der Waals surface area contributed by atoms with Gasteiger partial charge in [-0.1, -0.05) is 0 Å². The van der Waals surface area contributed by atoms with E-state index < -0.39 is 0 Å². The molecule has 0 bridgehead atoms. The Balaban J connectivity index is 1.69. The van der Waals surface area contributed by atoms with Crippen LogP contribution in [-0.4, -0.2) is 56.4 Å². The molecule has 0 atom stereocenters. The average Bonchev–Trinajstić information content (AvgIpc) is 2.99. The zero-order valence-corrected chi connectivity index (χ0v) is 18.9. The lowest BCUT2D eigenvalue weighted by Crippen LogP contribution is -2.38. The number of aromatic nitrogens is 4. The molecule has 0 radical (unpaired) electrons. The first-order chi connectivity index (χ1) is 15.1. The number of pyridine rings is 2. The third kappa shape index (κ3) is 4.70. The smallest absolute Gasteiger partial charge is 0.329 e. The summed E-state index contributed by atoms with van der Waals surface area (Å²) in [6.07, 6.45) is 6.58. The minimum absolute atomic E-state index is 0.0353. The van der Waals surface area contributed by atoms with Gasteiger partial charge in [0, 0.05) is 30.0 Å². The molecule has 0 aliphatic carbocycles. The lowest BCUT2D eigenvalue weighted by molar-refractivity contribution is -0.0231. The van der Waals surface area contributed by atoms with E-state index in [4.69, 9.17) is 14.8 Å². The van der Waals surface area contributed by atoms with E-state index in [9.17, 15) is 4.79 Å². The number of amidine groups is 1. The highest BCUT2D eigenvalue weighted by Crippen LogP contribution is 2.22. The van der Waals surface area contributed by atoms with Gasteiger partial charge in [-0.3, -0.25) is 24.1 Å². The summed E-state index contributed by atoms with van der Waals surface area (Å²) in [5.41, 5.74) is 3.14. The second kappa shape index (κ2) is 9.71. The van der Waals surface area contributed by atoms with E-state index in [1.54, 1.807) is 27.7 Å². The maximum Gasteiger partial charge on any atom is 0.329 e. The fourth-order valence-corrected chi connectivity index (χ4v) is 3.84. The standard InChI is InChI=1S/C21H25BrN6O3/c1-14-17(8-15(22)9-25-14)26-20(24-5-2-3-7-29)11-27-19-10-23-6-4-18(19)28(21(27)30)16-12-31-13-16/h4,6,8-10,16,29H,2-3,5,7,11-13H2,1H3,(H,24,26). The maximum atomic E-state index is 13.3. The van der Waals surface area contributed by atoms with Gasteiger partial charge < -0.3 is 15.2 Å². The molecule has 1 fully saturated rings. The first-order valence-corrected chi connectivity index (χ1v) is 11.0. The van der Waals surface area contributed by atoms with E-state index in [1.807, 2.05) is 19.1 Å². The van der Waals surface area contributed by atoms with Gasteiger partial charge in [-0.2, -0.15) is 0 Å². The van der Waals surface area contributed by atoms with Gasteiger partial charge in [-0.25, -0.2) is 4.79 Å². The van der Waals surface area contributed by atoms with Crippen LogP contribution >= 0.6 is 15.9 Å². The molecule has 0 amide bonds. The van der Waals surface area contributed by atoms with Crippen LogP contribution < -0.4 is 11.0 Å². The molecule has 0 aromatic carbocycles. The van der Waals surface area contributed by atoms with Gasteiger partial charge in [0.1, 0.15) is 5.84 Å². The van der Waals surface area contributed by atoms with E-state index >= 15 is 0 Å². The molecule has 3 aromatic rings. The number of nitrogens with zero attached hydrogens (tertiary/aromatic N) is 5. The Hall–Kier alpha value is -2.56. The number of aryl methyl sites for hydroxylation is 1. The van der Waals surface area contributed by atoms with Crippen LogP contribution in [0.2, 0.25) is 0 Å². The van der Waals surface area contributed by atoms with Crippen molar-refractivity contribution in [2.24, 2.45) is 4.99 Å². The summed E-state index contributed by atoms with van der Waals surface area (Å²) in [4.78, 5) is 26.6. The van der Waals surface area contributed by atoms with E-state index in [1.165, 1.54) is 0 Å². The molecule has 10 heteroatoms. The van der Waals surface area contributed by atoms with Crippen LogP contribution in [0.1, 0.15) is 24.6 Å². The Morgan fingerprint density at radius 1 is 1.35 bits per heavy atom. The van der Waals surface area contributed by atoms with Crippen LogP contribution in [0.3, 0.4) is 0 Å². The second-order valence-electron chi connectivity index (χ2n) is 7.47. The first-order valence-electron chi connectivity index (χ1n) is 10.2. The highest BCUT2D eigenvalue weighted by Gasteiger charge is 2.26. The minimum atomic E-state index is -0.106. The average molecular weight is 489 g/mol. The van der Waals surface area contributed by atoms with Gasteiger partial charge in [0.15, 0.2) is 0 Å². The highest BCUT2D eigenvalue weighted by atomic mass is 79.9. The number of aliphatic imine (C=N–C) groups is 1. The Bertz CT molecular complexity index is 1150. The number of fused-ring (bicyclic) bond motifs is 1. The Morgan fingerprint density at radius 2 is 2.19 bits per heavy atom. The molecule has 3 aromatic heterocycles. The number of ether oxygens (including phenoxy) is 1. The van der Waals surface area contributed by atoms with Gasteiger partial charge in [-0.05, 0) is 47.8 Å². The number of hydrogen-bond donors (Lipinski definition) is 2. The molecule has 0 spiro atoms. The van der Waals surface area contributed by atoms with Crippen LogP contribution in [0.5, 0.6) is 0 Å².